The molecule has 0 aliphatic heterocycles. The number of benzene rings is 6. The summed E-state index contributed by atoms with van der Waals surface area (Å²) in [6.45, 7) is 0. The van der Waals surface area contributed by atoms with E-state index < -0.39 is 35.6 Å². The molecule has 6 aromatic carbocycles. The fraction of sp³-hybridized carbons (Fsp3) is 0.0870. The van der Waals surface area contributed by atoms with E-state index in [1.54, 1.807) is 60.9 Å². The van der Waals surface area contributed by atoms with Crippen LogP contribution in [-0.2, 0) is 12.4 Å². The molecule has 0 aliphatic rings. The number of Topliss-reactive ketones (excluding diaryl/α,β-unsaturated/α-hetero) is 2. The van der Waals surface area contributed by atoms with Crippen LogP contribution in [-0.4, -0.2) is 21.5 Å². The Kier molecular flexibility index (Phi) is 11.2. The van der Waals surface area contributed by atoms with Crippen LogP contribution in [0.4, 0.5) is 37.7 Å². The maximum Gasteiger partial charge on any atom is 0.416 e. The van der Waals surface area contributed by atoms with Crippen molar-refractivity contribution in [2.45, 2.75) is 24.4 Å². The molecule has 0 saturated heterocycles. The zero-order chi connectivity index (χ0) is 40.9. The molecule has 0 aliphatic carbocycles. The van der Waals surface area contributed by atoms with Gasteiger partial charge >= 0.3 is 12.4 Å². The topological polar surface area (TPSA) is 89.8 Å². The first-order chi connectivity index (χ1) is 27.9. The van der Waals surface area contributed by atoms with E-state index in [9.17, 15) is 35.9 Å². The summed E-state index contributed by atoms with van der Waals surface area (Å²) in [6.07, 6.45) is -5.64. The molecule has 2 aromatic heterocycles. The minimum Gasteiger partial charge on any atom is -0.371 e. The highest BCUT2D eigenvalue weighted by Crippen LogP contribution is 2.35. The summed E-state index contributed by atoms with van der Waals surface area (Å²) < 4.78 is 78.5. The zero-order valence-electron chi connectivity index (χ0n) is 30.4. The molecular weight excluding hydrogens is 755 g/mol. The number of anilines is 2. The van der Waals surface area contributed by atoms with Gasteiger partial charge in [-0.2, -0.15) is 26.3 Å². The number of halogens is 6. The quantitative estimate of drug-likeness (QED) is 0.0821. The van der Waals surface area contributed by atoms with Crippen molar-refractivity contribution in [2.75, 3.05) is 10.6 Å². The number of ketones is 2. The van der Waals surface area contributed by atoms with Gasteiger partial charge < -0.3 is 20.6 Å². The van der Waals surface area contributed by atoms with E-state index in [0.717, 1.165) is 46.1 Å². The minimum absolute atomic E-state index is 0.224. The van der Waals surface area contributed by atoms with Crippen LogP contribution in [0.25, 0.3) is 21.8 Å². The summed E-state index contributed by atoms with van der Waals surface area (Å²) in [6, 6.07) is 40.8. The molecule has 2 atom stereocenters. The molecule has 0 spiro atoms. The Balaban J connectivity index is 0.000000177. The first-order valence-electron chi connectivity index (χ1n) is 18.0. The minimum atomic E-state index is -4.46. The molecule has 292 valence electrons. The van der Waals surface area contributed by atoms with Gasteiger partial charge in [-0.05, 0) is 59.7 Å². The molecule has 8 aromatic rings. The lowest BCUT2D eigenvalue weighted by Gasteiger charge is -2.20. The second kappa shape index (κ2) is 16.6. The summed E-state index contributed by atoms with van der Waals surface area (Å²) in [5.74, 6) is -0.461. The Bertz CT molecular complexity index is 2480. The Morgan fingerprint density at radius 1 is 0.448 bits per heavy atom. The van der Waals surface area contributed by atoms with E-state index in [1.807, 2.05) is 60.7 Å². The van der Waals surface area contributed by atoms with Crippen LogP contribution in [0.15, 0.2) is 170 Å². The molecule has 58 heavy (non-hydrogen) atoms. The van der Waals surface area contributed by atoms with Crippen molar-refractivity contribution < 1.29 is 35.9 Å². The Morgan fingerprint density at radius 3 is 1.19 bits per heavy atom. The average molecular weight is 789 g/mol. The molecule has 0 saturated carbocycles. The fourth-order valence-electron chi connectivity index (χ4n) is 6.66. The highest BCUT2D eigenvalue weighted by molar-refractivity contribution is 6.12. The van der Waals surface area contributed by atoms with Gasteiger partial charge in [0.2, 0.25) is 0 Å². The highest BCUT2D eigenvalue weighted by Gasteiger charge is 2.32. The van der Waals surface area contributed by atoms with Crippen LogP contribution >= 0.6 is 0 Å². The van der Waals surface area contributed by atoms with Gasteiger partial charge in [0.25, 0.3) is 0 Å². The SMILES string of the molecule is O=C(c1c[nH]c2ccccc12)C(Nc1cccc(C(F)(F)F)c1)c1ccccc1.O=C(c1c[nH]c2ccccc12)C(Nc1cccc(C(F)(F)F)c1)c1ccccc1. The van der Waals surface area contributed by atoms with E-state index in [4.69, 9.17) is 0 Å². The van der Waals surface area contributed by atoms with Crippen molar-refractivity contribution >= 4 is 44.7 Å². The van der Waals surface area contributed by atoms with E-state index in [0.29, 0.717) is 22.3 Å². The van der Waals surface area contributed by atoms with Gasteiger partial charge in [-0.25, -0.2) is 0 Å². The number of nitrogens with one attached hydrogen (secondary N) is 4. The molecule has 4 N–H and O–H groups in total. The lowest BCUT2D eigenvalue weighted by atomic mass is 9.96. The molecule has 2 unspecified atom stereocenters. The van der Waals surface area contributed by atoms with Crippen molar-refractivity contribution in [2.24, 2.45) is 0 Å². The van der Waals surface area contributed by atoms with Crippen molar-refractivity contribution in [3.05, 3.63) is 203 Å². The van der Waals surface area contributed by atoms with Crippen LogP contribution in [0.1, 0.15) is 55.1 Å². The number of rotatable bonds is 10. The third kappa shape index (κ3) is 8.81. The largest absolute Gasteiger partial charge is 0.416 e. The molecule has 0 fully saturated rings. The van der Waals surface area contributed by atoms with Crippen molar-refractivity contribution in [1.29, 1.82) is 0 Å². The van der Waals surface area contributed by atoms with Crippen LogP contribution in [0.3, 0.4) is 0 Å². The molecule has 8 rings (SSSR count). The lowest BCUT2D eigenvalue weighted by Crippen LogP contribution is -2.21. The number of para-hydroxylation sites is 2. The van der Waals surface area contributed by atoms with Crippen molar-refractivity contribution in [3.63, 3.8) is 0 Å². The third-order valence-corrected chi connectivity index (χ3v) is 9.50. The molecule has 2 heterocycles. The smallest absolute Gasteiger partial charge is 0.371 e. The van der Waals surface area contributed by atoms with Gasteiger partial charge in [0, 0.05) is 56.7 Å². The van der Waals surface area contributed by atoms with Crippen LogP contribution in [0, 0.1) is 0 Å². The number of H-pyrrole nitrogens is 2. The van der Waals surface area contributed by atoms with Gasteiger partial charge in [-0.3, -0.25) is 9.59 Å². The van der Waals surface area contributed by atoms with Gasteiger partial charge in [0.05, 0.1) is 11.1 Å². The van der Waals surface area contributed by atoms with Gasteiger partial charge in [0.1, 0.15) is 12.1 Å². The monoisotopic (exact) mass is 788 g/mol. The summed E-state index contributed by atoms with van der Waals surface area (Å²) in [5.41, 5.74) is 2.85. The second-order valence-electron chi connectivity index (χ2n) is 13.4. The molecule has 0 radical (unpaired) electrons. The number of hydrogen-bond acceptors (Lipinski definition) is 4. The molecule has 12 heteroatoms. The number of alkyl halides is 6. The first kappa shape index (κ1) is 39.2. The number of hydrogen-bond donors (Lipinski definition) is 4. The molecule has 0 amide bonds. The summed E-state index contributed by atoms with van der Waals surface area (Å²) in [4.78, 5) is 32.9. The van der Waals surface area contributed by atoms with E-state index >= 15 is 0 Å². The molecule has 0 bridgehead atoms. The van der Waals surface area contributed by atoms with E-state index in [1.165, 1.54) is 24.3 Å². The fourth-order valence-corrected chi connectivity index (χ4v) is 6.66. The normalized spacial score (nSPS) is 12.7. The maximum atomic E-state index is 13.4. The number of carbonyl (C=O) groups is 2. The van der Waals surface area contributed by atoms with Crippen LogP contribution in [0.2, 0.25) is 0 Å². The van der Waals surface area contributed by atoms with Gasteiger partial charge in [0.15, 0.2) is 11.6 Å². The number of carbonyl (C=O) groups excluding carboxylic acids is 2. The number of aromatic amines is 2. The summed E-state index contributed by atoms with van der Waals surface area (Å²) in [7, 11) is 0. The third-order valence-electron chi connectivity index (χ3n) is 9.50. The maximum absolute atomic E-state index is 13.4. The standard InChI is InChI=1S/2C23H17F3N2O/c2*24-23(25,26)16-9-6-10-17(13-16)28-21(15-7-2-1-3-8-15)22(29)19-14-27-20-12-5-4-11-18(19)20/h2*1-14,21,27-28H. The summed E-state index contributed by atoms with van der Waals surface area (Å²) in [5, 5.41) is 7.53. The van der Waals surface area contributed by atoms with E-state index in [-0.39, 0.29) is 22.9 Å². The van der Waals surface area contributed by atoms with Gasteiger partial charge in [-0.1, -0.05) is 109 Å². The van der Waals surface area contributed by atoms with Gasteiger partial charge in [-0.15, -0.1) is 0 Å². The zero-order valence-corrected chi connectivity index (χ0v) is 30.4. The van der Waals surface area contributed by atoms with Crippen LogP contribution in [0.5, 0.6) is 0 Å². The number of fused-ring (bicyclic) bond motifs is 2. The van der Waals surface area contributed by atoms with Crippen molar-refractivity contribution in [1.82, 2.24) is 9.97 Å². The Hall–Kier alpha value is -7.08. The van der Waals surface area contributed by atoms with Crippen molar-refractivity contribution in [3.8, 4) is 0 Å². The second-order valence-corrected chi connectivity index (χ2v) is 13.4. The predicted octanol–water partition coefficient (Wildman–Crippen LogP) is 12.4. The Labute approximate surface area is 328 Å². The van der Waals surface area contributed by atoms with Crippen LogP contribution < -0.4 is 10.6 Å². The highest BCUT2D eigenvalue weighted by atomic mass is 19.4. The Morgan fingerprint density at radius 2 is 0.810 bits per heavy atom. The predicted molar refractivity (Wildman–Crippen MR) is 214 cm³/mol. The summed E-state index contributed by atoms with van der Waals surface area (Å²) >= 11 is 0. The van der Waals surface area contributed by atoms with E-state index in [2.05, 4.69) is 20.6 Å². The lowest BCUT2D eigenvalue weighted by molar-refractivity contribution is -0.138. The molecular formula is C46H34F6N4O2. The molecule has 6 nitrogen and oxygen atoms in total. The number of aromatic nitrogens is 2. The average Bonchev–Trinajstić information content (AvgIpc) is 3.87. The first-order valence-corrected chi connectivity index (χ1v) is 18.0.